The smallest absolute Gasteiger partial charge is 0.299 e. The van der Waals surface area contributed by atoms with E-state index in [1.165, 1.54) is 15.6 Å². The highest BCUT2D eigenvalue weighted by molar-refractivity contribution is 6.01. The Morgan fingerprint density at radius 3 is 2.45 bits per heavy atom. The van der Waals surface area contributed by atoms with Gasteiger partial charge in [-0.2, -0.15) is 0 Å². The van der Waals surface area contributed by atoms with Gasteiger partial charge in [-0.05, 0) is 55.1 Å². The Balaban J connectivity index is 1.19. The molecule has 0 saturated carbocycles. The van der Waals surface area contributed by atoms with Crippen molar-refractivity contribution < 1.29 is 14.4 Å². The van der Waals surface area contributed by atoms with E-state index in [0.29, 0.717) is 18.0 Å². The molecule has 0 radical (unpaired) electrons. The minimum Gasteiger partial charge on any atom is -0.299 e. The van der Waals surface area contributed by atoms with Gasteiger partial charge in [-0.1, -0.05) is 19.1 Å². The number of nitrogens with one attached hydrogen (secondary N) is 1. The molecule has 2 saturated heterocycles. The third-order valence-corrected chi connectivity index (χ3v) is 6.77. The minimum absolute atomic E-state index is 0.195. The first-order valence-electron chi connectivity index (χ1n) is 11.6. The second-order valence-corrected chi connectivity index (χ2v) is 8.93. The molecule has 0 spiro atoms. The van der Waals surface area contributed by atoms with Crippen LogP contribution in [0.15, 0.2) is 30.6 Å². The van der Waals surface area contributed by atoms with E-state index in [1.54, 1.807) is 0 Å². The van der Waals surface area contributed by atoms with Crippen molar-refractivity contribution in [3.8, 4) is 0 Å². The molecule has 3 aliphatic heterocycles. The Hall–Kier alpha value is -3.33. The van der Waals surface area contributed by atoms with Crippen LogP contribution < -0.4 is 5.32 Å². The second-order valence-electron chi connectivity index (χ2n) is 8.93. The first kappa shape index (κ1) is 21.5. The number of hydrogen-bond acceptors (Lipinski definition) is 6. The average molecular weight is 449 g/mol. The Kier molecular flexibility index (Phi) is 5.80. The third kappa shape index (κ3) is 4.32. The van der Waals surface area contributed by atoms with E-state index >= 15 is 0 Å². The number of nitrogens with zero attached hydrogens (tertiary/aromatic N) is 5. The molecular weight excluding hydrogens is 420 g/mol. The molecule has 5 rings (SSSR count). The van der Waals surface area contributed by atoms with Gasteiger partial charge in [0.15, 0.2) is 0 Å². The number of likely N-dealkylation sites (tertiary alicyclic amines) is 1. The van der Waals surface area contributed by atoms with Crippen molar-refractivity contribution >= 4 is 17.8 Å². The average Bonchev–Trinajstić information content (AvgIpc) is 3.15. The summed E-state index contributed by atoms with van der Waals surface area (Å²) in [7, 11) is 0. The molecular formula is C24H28N6O3. The SMILES string of the molecule is CCc1cnc(C2CCN(Cc3ccc4c(c3)CN(N3CCC(=O)NC3=O)C4=O)CC2)nc1. The van der Waals surface area contributed by atoms with E-state index in [2.05, 4.69) is 33.2 Å². The van der Waals surface area contributed by atoms with Crippen LogP contribution >= 0.6 is 0 Å². The van der Waals surface area contributed by atoms with Crippen molar-refractivity contribution in [1.29, 1.82) is 0 Å². The number of carbonyl (C=O) groups is 3. The van der Waals surface area contributed by atoms with E-state index in [-0.39, 0.29) is 24.8 Å². The lowest BCUT2D eigenvalue weighted by Gasteiger charge is -2.33. The number of carbonyl (C=O) groups excluding carboxylic acids is 3. The highest BCUT2D eigenvalue weighted by Gasteiger charge is 2.37. The molecule has 2 fully saturated rings. The molecule has 1 aromatic carbocycles. The van der Waals surface area contributed by atoms with Gasteiger partial charge >= 0.3 is 6.03 Å². The number of benzene rings is 1. The van der Waals surface area contributed by atoms with Crippen molar-refractivity contribution in [3.63, 3.8) is 0 Å². The van der Waals surface area contributed by atoms with E-state index in [1.807, 2.05) is 24.5 Å². The summed E-state index contributed by atoms with van der Waals surface area (Å²) in [6, 6.07) is 5.39. The molecule has 0 aliphatic carbocycles. The van der Waals surface area contributed by atoms with Crippen molar-refractivity contribution in [2.45, 2.75) is 51.6 Å². The quantitative estimate of drug-likeness (QED) is 0.753. The van der Waals surface area contributed by atoms with Crippen LogP contribution in [-0.2, 0) is 24.3 Å². The van der Waals surface area contributed by atoms with Gasteiger partial charge in [0.25, 0.3) is 5.91 Å². The summed E-state index contributed by atoms with van der Waals surface area (Å²) in [5.74, 6) is 0.847. The van der Waals surface area contributed by atoms with Crippen molar-refractivity contribution in [3.05, 3.63) is 58.7 Å². The number of amides is 4. The van der Waals surface area contributed by atoms with E-state index < -0.39 is 6.03 Å². The fourth-order valence-electron chi connectivity index (χ4n) is 4.80. The zero-order chi connectivity index (χ0) is 22.9. The lowest BCUT2D eigenvalue weighted by Crippen LogP contribution is -2.56. The lowest BCUT2D eigenvalue weighted by molar-refractivity contribution is -0.123. The third-order valence-electron chi connectivity index (χ3n) is 6.77. The summed E-state index contributed by atoms with van der Waals surface area (Å²) in [6.45, 7) is 5.45. The Labute approximate surface area is 192 Å². The first-order valence-corrected chi connectivity index (χ1v) is 11.6. The molecule has 0 bridgehead atoms. The van der Waals surface area contributed by atoms with Crippen molar-refractivity contribution in [2.75, 3.05) is 19.6 Å². The summed E-state index contributed by atoms with van der Waals surface area (Å²) in [6.07, 6.45) is 7.09. The normalized spacial score (nSPS) is 19.7. The molecule has 9 nitrogen and oxygen atoms in total. The molecule has 3 aliphatic rings. The van der Waals surface area contributed by atoms with Crippen LogP contribution in [0.5, 0.6) is 0 Å². The lowest BCUT2D eigenvalue weighted by atomic mass is 9.95. The number of rotatable bonds is 5. The maximum Gasteiger partial charge on any atom is 0.342 e. The molecule has 172 valence electrons. The first-order chi connectivity index (χ1) is 16.0. The molecule has 0 atom stereocenters. The molecule has 1 aromatic heterocycles. The number of imide groups is 1. The predicted octanol–water partition coefficient (Wildman–Crippen LogP) is 2.23. The highest BCUT2D eigenvalue weighted by atomic mass is 16.2. The van der Waals surface area contributed by atoms with Crippen LogP contribution in [0.25, 0.3) is 0 Å². The van der Waals surface area contributed by atoms with Gasteiger partial charge in [0, 0.05) is 36.8 Å². The fourth-order valence-corrected chi connectivity index (χ4v) is 4.80. The van der Waals surface area contributed by atoms with Gasteiger partial charge in [0.2, 0.25) is 5.91 Å². The number of urea groups is 1. The highest BCUT2D eigenvalue weighted by Crippen LogP contribution is 2.29. The van der Waals surface area contributed by atoms with Crippen molar-refractivity contribution in [2.24, 2.45) is 0 Å². The predicted molar refractivity (Wildman–Crippen MR) is 120 cm³/mol. The summed E-state index contributed by atoms with van der Waals surface area (Å²) >= 11 is 0. The van der Waals surface area contributed by atoms with Gasteiger partial charge in [-0.15, -0.1) is 0 Å². The van der Waals surface area contributed by atoms with Crippen LogP contribution in [0.1, 0.15) is 65.0 Å². The molecule has 33 heavy (non-hydrogen) atoms. The van der Waals surface area contributed by atoms with Gasteiger partial charge < -0.3 is 0 Å². The zero-order valence-corrected chi connectivity index (χ0v) is 18.8. The molecule has 4 amide bonds. The van der Waals surface area contributed by atoms with Crippen LogP contribution in [-0.4, -0.2) is 62.4 Å². The number of hydrogen-bond donors (Lipinski definition) is 1. The summed E-state index contributed by atoms with van der Waals surface area (Å²) < 4.78 is 0. The number of hydrazine groups is 1. The van der Waals surface area contributed by atoms with Crippen LogP contribution in [0.3, 0.4) is 0 Å². The molecule has 1 N–H and O–H groups in total. The Bertz CT molecular complexity index is 1080. The number of aromatic nitrogens is 2. The fraction of sp³-hybridized carbons (Fsp3) is 0.458. The summed E-state index contributed by atoms with van der Waals surface area (Å²) in [5, 5.41) is 5.05. The summed E-state index contributed by atoms with van der Waals surface area (Å²) in [5.41, 5.74) is 3.86. The second kappa shape index (κ2) is 8.90. The van der Waals surface area contributed by atoms with Gasteiger partial charge in [-0.3, -0.25) is 19.8 Å². The zero-order valence-electron chi connectivity index (χ0n) is 18.8. The maximum absolute atomic E-state index is 12.8. The van der Waals surface area contributed by atoms with Gasteiger partial charge in [0.1, 0.15) is 5.82 Å². The largest absolute Gasteiger partial charge is 0.342 e. The van der Waals surface area contributed by atoms with E-state index in [9.17, 15) is 14.4 Å². The van der Waals surface area contributed by atoms with Crippen molar-refractivity contribution in [1.82, 2.24) is 30.2 Å². The topological polar surface area (TPSA) is 98.7 Å². The summed E-state index contributed by atoms with van der Waals surface area (Å²) in [4.78, 5) is 48.0. The molecule has 2 aromatic rings. The monoisotopic (exact) mass is 448 g/mol. The number of fused-ring (bicyclic) bond motifs is 1. The van der Waals surface area contributed by atoms with Gasteiger partial charge in [-0.25, -0.2) is 24.8 Å². The van der Waals surface area contributed by atoms with Crippen LogP contribution in [0, 0.1) is 0 Å². The molecule has 9 heteroatoms. The standard InChI is InChI=1S/C24H28N6O3/c1-2-16-12-25-22(26-13-16)18-5-8-28(9-6-18)14-17-3-4-20-19(11-17)15-30(23(20)32)29-10-7-21(31)27-24(29)33/h3-4,11-13,18H,2,5-10,14-15H2,1H3,(H,27,31,33). The Morgan fingerprint density at radius 2 is 1.76 bits per heavy atom. The van der Waals surface area contributed by atoms with E-state index in [4.69, 9.17) is 0 Å². The maximum atomic E-state index is 12.8. The van der Waals surface area contributed by atoms with Crippen LogP contribution in [0.2, 0.25) is 0 Å². The number of aryl methyl sites for hydroxylation is 1. The van der Waals surface area contributed by atoms with Gasteiger partial charge in [0.05, 0.1) is 13.1 Å². The molecule has 4 heterocycles. The molecule has 0 unspecified atom stereocenters. The van der Waals surface area contributed by atoms with E-state index in [0.717, 1.165) is 55.8 Å². The Morgan fingerprint density at radius 1 is 1.00 bits per heavy atom. The van der Waals surface area contributed by atoms with Crippen LogP contribution in [0.4, 0.5) is 4.79 Å². The minimum atomic E-state index is -0.538. The number of piperidine rings is 1.